The van der Waals surface area contributed by atoms with Gasteiger partial charge < -0.3 is 10.3 Å². The zero-order chi connectivity index (χ0) is 18.6. The summed E-state index contributed by atoms with van der Waals surface area (Å²) in [7, 11) is 0. The summed E-state index contributed by atoms with van der Waals surface area (Å²) in [6.07, 6.45) is 3.77. The molecule has 2 N–H and O–H groups in total. The van der Waals surface area contributed by atoms with Crippen LogP contribution in [0.15, 0.2) is 60.8 Å². The van der Waals surface area contributed by atoms with Crippen molar-refractivity contribution in [2.45, 2.75) is 25.3 Å². The predicted molar refractivity (Wildman–Crippen MR) is 105 cm³/mol. The van der Waals surface area contributed by atoms with Crippen LogP contribution in [-0.4, -0.2) is 40.8 Å². The fourth-order valence-electron chi connectivity index (χ4n) is 3.68. The van der Waals surface area contributed by atoms with Gasteiger partial charge in [0.15, 0.2) is 0 Å². The molecule has 1 atom stereocenters. The first-order valence-electron chi connectivity index (χ1n) is 9.39. The molecule has 27 heavy (non-hydrogen) atoms. The van der Waals surface area contributed by atoms with Crippen molar-refractivity contribution < 1.29 is 9.59 Å². The summed E-state index contributed by atoms with van der Waals surface area (Å²) in [4.78, 5) is 29.5. The third kappa shape index (κ3) is 3.78. The van der Waals surface area contributed by atoms with E-state index >= 15 is 0 Å². The lowest BCUT2D eigenvalue weighted by Crippen LogP contribution is -2.40. The van der Waals surface area contributed by atoms with Gasteiger partial charge in [0.2, 0.25) is 11.8 Å². The molecule has 3 aromatic rings. The third-order valence-electron chi connectivity index (χ3n) is 5.17. The van der Waals surface area contributed by atoms with Crippen molar-refractivity contribution in [2.75, 3.05) is 13.1 Å². The number of H-pyrrole nitrogens is 1. The number of rotatable bonds is 7. The molecule has 1 aliphatic rings. The number of nitrogens with one attached hydrogen (secondary N) is 2. The molecule has 5 nitrogen and oxygen atoms in total. The highest BCUT2D eigenvalue weighted by Gasteiger charge is 2.37. The van der Waals surface area contributed by atoms with Crippen LogP contribution >= 0.6 is 0 Å². The number of benzene rings is 2. The maximum Gasteiger partial charge on any atom is 0.246 e. The van der Waals surface area contributed by atoms with E-state index in [1.165, 1.54) is 15.8 Å². The van der Waals surface area contributed by atoms with Gasteiger partial charge in [0, 0.05) is 30.2 Å². The molecule has 1 fully saturated rings. The number of aromatic amines is 1. The fraction of sp³-hybridized carbons (Fsp3) is 0.273. The van der Waals surface area contributed by atoms with Gasteiger partial charge in [-0.1, -0.05) is 48.5 Å². The van der Waals surface area contributed by atoms with Gasteiger partial charge in [-0.15, -0.1) is 0 Å². The maximum atomic E-state index is 12.6. The molecular formula is C22H23N3O2. The van der Waals surface area contributed by atoms with Gasteiger partial charge in [0.05, 0.1) is 12.5 Å². The lowest BCUT2D eigenvalue weighted by atomic mass is 10.1. The first-order chi connectivity index (χ1) is 13.2. The molecule has 4 rings (SSSR count). The van der Waals surface area contributed by atoms with Crippen LogP contribution in [0, 0.1) is 0 Å². The summed E-state index contributed by atoms with van der Waals surface area (Å²) in [5.41, 5.74) is 3.47. The quantitative estimate of drug-likeness (QED) is 0.636. The molecule has 138 valence electrons. The van der Waals surface area contributed by atoms with Crippen molar-refractivity contribution >= 4 is 22.7 Å². The first-order valence-corrected chi connectivity index (χ1v) is 9.39. The lowest BCUT2D eigenvalue weighted by Gasteiger charge is -2.15. The Hall–Kier alpha value is -2.92. The van der Waals surface area contributed by atoms with Crippen LogP contribution in [-0.2, 0) is 22.4 Å². The molecule has 0 aliphatic carbocycles. The highest BCUT2D eigenvalue weighted by atomic mass is 16.2. The van der Waals surface area contributed by atoms with E-state index in [2.05, 4.69) is 22.4 Å². The Balaban J connectivity index is 1.31. The minimum Gasteiger partial charge on any atom is -0.361 e. The largest absolute Gasteiger partial charge is 0.361 e. The normalized spacial score (nSPS) is 17.2. The molecule has 0 unspecified atom stereocenters. The smallest absolute Gasteiger partial charge is 0.246 e. The number of imide groups is 1. The molecule has 0 saturated carbocycles. The molecule has 0 radical (unpaired) electrons. The molecule has 2 aromatic carbocycles. The number of carbonyl (C=O) groups is 2. The second-order valence-corrected chi connectivity index (χ2v) is 6.94. The van der Waals surface area contributed by atoms with Crippen LogP contribution in [0.1, 0.15) is 17.5 Å². The zero-order valence-electron chi connectivity index (χ0n) is 15.2. The Morgan fingerprint density at radius 2 is 1.78 bits per heavy atom. The number of nitrogens with zero attached hydrogens (tertiary/aromatic N) is 1. The van der Waals surface area contributed by atoms with Gasteiger partial charge in [0.1, 0.15) is 0 Å². The summed E-state index contributed by atoms with van der Waals surface area (Å²) in [6, 6.07) is 17.7. The van der Waals surface area contributed by atoms with Gasteiger partial charge in [-0.25, -0.2) is 0 Å². The fourth-order valence-corrected chi connectivity index (χ4v) is 3.68. The molecule has 1 aliphatic heterocycles. The number of carbonyl (C=O) groups excluding carboxylic acids is 2. The van der Waals surface area contributed by atoms with Crippen molar-refractivity contribution in [2.24, 2.45) is 0 Å². The molecule has 2 heterocycles. The van der Waals surface area contributed by atoms with E-state index in [1.54, 1.807) is 0 Å². The SMILES string of the molecule is O=C1C[C@@H](NCCc2c[nH]c3ccccc23)C(=O)N1CCc1ccccc1. The number of hydrogen-bond acceptors (Lipinski definition) is 3. The summed E-state index contributed by atoms with van der Waals surface area (Å²) >= 11 is 0. The topological polar surface area (TPSA) is 65.2 Å². The number of amides is 2. The average molecular weight is 361 g/mol. The highest BCUT2D eigenvalue weighted by Crippen LogP contribution is 2.18. The highest BCUT2D eigenvalue weighted by molar-refractivity contribution is 6.05. The summed E-state index contributed by atoms with van der Waals surface area (Å²) in [6.45, 7) is 1.11. The van der Waals surface area contributed by atoms with Gasteiger partial charge in [-0.05, 0) is 30.0 Å². The number of hydrogen-bond donors (Lipinski definition) is 2. The number of fused-ring (bicyclic) bond motifs is 1. The molecule has 0 bridgehead atoms. The van der Waals surface area contributed by atoms with Crippen molar-refractivity contribution in [1.29, 1.82) is 0 Å². The summed E-state index contributed by atoms with van der Waals surface area (Å²) in [5, 5.41) is 4.47. The monoisotopic (exact) mass is 361 g/mol. The van der Waals surface area contributed by atoms with E-state index in [4.69, 9.17) is 0 Å². The molecule has 5 heteroatoms. The van der Waals surface area contributed by atoms with Gasteiger partial charge in [-0.3, -0.25) is 14.5 Å². The molecule has 1 saturated heterocycles. The van der Waals surface area contributed by atoms with E-state index in [9.17, 15) is 9.59 Å². The maximum absolute atomic E-state index is 12.6. The minimum atomic E-state index is -0.404. The van der Waals surface area contributed by atoms with Crippen molar-refractivity contribution in [3.8, 4) is 0 Å². The van der Waals surface area contributed by atoms with Crippen molar-refractivity contribution in [1.82, 2.24) is 15.2 Å². The molecular weight excluding hydrogens is 338 g/mol. The van der Waals surface area contributed by atoms with Gasteiger partial charge in [-0.2, -0.15) is 0 Å². The predicted octanol–water partition coefficient (Wildman–Crippen LogP) is 2.67. The van der Waals surface area contributed by atoms with E-state index in [0.29, 0.717) is 19.5 Å². The Morgan fingerprint density at radius 1 is 1.00 bits per heavy atom. The van der Waals surface area contributed by atoms with Crippen LogP contribution < -0.4 is 5.32 Å². The number of para-hydroxylation sites is 1. The summed E-state index contributed by atoms with van der Waals surface area (Å²) < 4.78 is 0. The molecule has 1 aromatic heterocycles. The van der Waals surface area contributed by atoms with Crippen LogP contribution in [0.2, 0.25) is 0 Å². The molecule has 0 spiro atoms. The molecule has 2 amide bonds. The van der Waals surface area contributed by atoms with E-state index in [1.807, 2.05) is 48.7 Å². The number of aromatic nitrogens is 1. The Morgan fingerprint density at radius 3 is 2.63 bits per heavy atom. The van der Waals surface area contributed by atoms with E-state index < -0.39 is 6.04 Å². The van der Waals surface area contributed by atoms with Crippen LogP contribution in [0.5, 0.6) is 0 Å². The van der Waals surface area contributed by atoms with Crippen LogP contribution in [0.3, 0.4) is 0 Å². The number of likely N-dealkylation sites (tertiary alicyclic amines) is 1. The van der Waals surface area contributed by atoms with Crippen molar-refractivity contribution in [3.63, 3.8) is 0 Å². The lowest BCUT2D eigenvalue weighted by molar-refractivity contribution is -0.138. The Kier molecular flexibility index (Phi) is 5.03. The van der Waals surface area contributed by atoms with Crippen LogP contribution in [0.25, 0.3) is 10.9 Å². The van der Waals surface area contributed by atoms with E-state index in [-0.39, 0.29) is 18.2 Å². The first kappa shape index (κ1) is 17.5. The Labute approximate surface area is 158 Å². The second kappa shape index (κ2) is 7.76. The van der Waals surface area contributed by atoms with E-state index in [0.717, 1.165) is 17.5 Å². The Bertz CT molecular complexity index is 948. The standard InChI is InChI=1S/C22H23N3O2/c26-21-14-20(22(27)25(21)13-11-16-6-2-1-3-7-16)23-12-10-17-15-24-19-9-5-4-8-18(17)19/h1-9,15,20,23-24H,10-14H2/t20-/m1/s1. The zero-order valence-corrected chi connectivity index (χ0v) is 15.2. The van der Waals surface area contributed by atoms with Crippen LogP contribution in [0.4, 0.5) is 0 Å². The van der Waals surface area contributed by atoms with Gasteiger partial charge >= 0.3 is 0 Å². The average Bonchev–Trinajstić information content (AvgIpc) is 3.22. The summed E-state index contributed by atoms with van der Waals surface area (Å²) in [5.74, 6) is -0.185. The second-order valence-electron chi connectivity index (χ2n) is 6.94. The minimum absolute atomic E-state index is 0.0828. The van der Waals surface area contributed by atoms with Gasteiger partial charge in [0.25, 0.3) is 0 Å². The third-order valence-corrected chi connectivity index (χ3v) is 5.17. The van der Waals surface area contributed by atoms with Crippen molar-refractivity contribution in [3.05, 3.63) is 71.9 Å².